The number of pyridine rings is 1. The Hall–Kier alpha value is -2.89. The zero-order valence-electron chi connectivity index (χ0n) is 13.2. The van der Waals surface area contributed by atoms with Crippen LogP contribution in [0.25, 0.3) is 22.3 Å². The van der Waals surface area contributed by atoms with Gasteiger partial charge in [-0.3, -0.25) is 0 Å². The molecule has 6 heteroatoms. The van der Waals surface area contributed by atoms with Crippen LogP contribution in [0.3, 0.4) is 0 Å². The molecular formula is C17H19N5O. The highest BCUT2D eigenvalue weighted by Gasteiger charge is 2.10. The van der Waals surface area contributed by atoms with Crippen molar-refractivity contribution in [2.24, 2.45) is 0 Å². The highest BCUT2D eigenvalue weighted by Crippen LogP contribution is 2.29. The molecule has 0 aliphatic carbocycles. The molecule has 2 heterocycles. The van der Waals surface area contributed by atoms with Crippen molar-refractivity contribution in [1.82, 2.24) is 15.0 Å². The molecule has 4 N–H and O–H groups in total. The highest BCUT2D eigenvalue weighted by atomic mass is 16.5. The molecule has 6 nitrogen and oxygen atoms in total. The van der Waals surface area contributed by atoms with Crippen molar-refractivity contribution < 1.29 is 4.74 Å². The van der Waals surface area contributed by atoms with E-state index >= 15 is 0 Å². The largest absolute Gasteiger partial charge is 0.495 e. The van der Waals surface area contributed by atoms with Crippen molar-refractivity contribution in [2.75, 3.05) is 18.6 Å². The van der Waals surface area contributed by atoms with E-state index in [1.807, 2.05) is 30.3 Å². The first kappa shape index (κ1) is 15.0. The summed E-state index contributed by atoms with van der Waals surface area (Å²) >= 11 is 0. The van der Waals surface area contributed by atoms with Crippen molar-refractivity contribution in [3.8, 4) is 17.0 Å². The topological polar surface area (TPSA) is 99.9 Å². The molecule has 1 aromatic carbocycles. The average Bonchev–Trinajstić information content (AvgIpc) is 2.55. The maximum atomic E-state index is 5.87. The predicted molar refractivity (Wildman–Crippen MR) is 92.1 cm³/mol. The standard InChI is InChI=1S/C17H19N5O/c1-3-4-13-16-14(22-17(19)21-13)8-7-12(20-16)10-5-6-11(18)15(9-10)23-2/h5-9H,3-4,18H2,1-2H3,(H2,19,21,22). The second kappa shape index (κ2) is 6.08. The number of fused-ring (bicyclic) bond motifs is 1. The molecule has 0 saturated heterocycles. The third kappa shape index (κ3) is 2.88. The predicted octanol–water partition coefficient (Wildman–Crippen LogP) is 2.82. The van der Waals surface area contributed by atoms with Crippen LogP contribution in [0.2, 0.25) is 0 Å². The Balaban J connectivity index is 2.16. The monoisotopic (exact) mass is 309 g/mol. The fourth-order valence-corrected chi connectivity index (χ4v) is 2.54. The molecule has 0 aliphatic heterocycles. The van der Waals surface area contributed by atoms with E-state index in [9.17, 15) is 0 Å². The molecule has 3 rings (SSSR count). The number of rotatable bonds is 4. The number of nitrogens with two attached hydrogens (primary N) is 2. The first-order valence-electron chi connectivity index (χ1n) is 7.49. The van der Waals surface area contributed by atoms with Gasteiger partial charge in [0.15, 0.2) is 0 Å². The Labute approximate surface area is 134 Å². The summed E-state index contributed by atoms with van der Waals surface area (Å²) in [5, 5.41) is 0. The van der Waals surface area contributed by atoms with Gasteiger partial charge in [0.25, 0.3) is 0 Å². The number of nitrogen functional groups attached to an aromatic ring is 2. The number of nitrogens with zero attached hydrogens (tertiary/aromatic N) is 3. The summed E-state index contributed by atoms with van der Waals surface area (Å²) in [6.45, 7) is 2.10. The quantitative estimate of drug-likeness (QED) is 0.719. The number of aromatic nitrogens is 3. The molecule has 0 unspecified atom stereocenters. The number of anilines is 2. The Morgan fingerprint density at radius 3 is 2.61 bits per heavy atom. The number of hydrogen-bond donors (Lipinski definition) is 2. The third-order valence-electron chi connectivity index (χ3n) is 3.65. The summed E-state index contributed by atoms with van der Waals surface area (Å²) < 4.78 is 5.28. The van der Waals surface area contributed by atoms with Crippen LogP contribution < -0.4 is 16.2 Å². The van der Waals surface area contributed by atoms with Gasteiger partial charge in [-0.15, -0.1) is 0 Å². The highest BCUT2D eigenvalue weighted by molar-refractivity contribution is 5.81. The first-order chi connectivity index (χ1) is 11.1. The van der Waals surface area contributed by atoms with Crippen molar-refractivity contribution >= 4 is 22.7 Å². The molecule has 2 aromatic heterocycles. The number of methoxy groups -OCH3 is 1. The van der Waals surface area contributed by atoms with Gasteiger partial charge in [0, 0.05) is 5.56 Å². The molecule has 0 fully saturated rings. The van der Waals surface area contributed by atoms with Gasteiger partial charge in [-0.2, -0.15) is 0 Å². The van der Waals surface area contributed by atoms with Crippen molar-refractivity contribution in [1.29, 1.82) is 0 Å². The van der Waals surface area contributed by atoms with Gasteiger partial charge < -0.3 is 16.2 Å². The number of benzene rings is 1. The summed E-state index contributed by atoms with van der Waals surface area (Å²) in [5.74, 6) is 0.913. The van der Waals surface area contributed by atoms with Crippen LogP contribution in [-0.4, -0.2) is 22.1 Å². The zero-order valence-corrected chi connectivity index (χ0v) is 13.2. The second-order valence-electron chi connectivity index (χ2n) is 5.30. The second-order valence-corrected chi connectivity index (χ2v) is 5.30. The van der Waals surface area contributed by atoms with Crippen LogP contribution in [0.15, 0.2) is 30.3 Å². The summed E-state index contributed by atoms with van der Waals surface area (Å²) in [6, 6.07) is 9.43. The molecule has 3 aromatic rings. The molecule has 0 aliphatic rings. The lowest BCUT2D eigenvalue weighted by Crippen LogP contribution is -2.02. The lowest BCUT2D eigenvalue weighted by molar-refractivity contribution is 0.417. The summed E-state index contributed by atoms with van der Waals surface area (Å²) in [5.41, 5.74) is 16.4. The van der Waals surface area contributed by atoms with E-state index in [2.05, 4.69) is 16.9 Å². The normalized spacial score (nSPS) is 10.9. The van der Waals surface area contributed by atoms with Gasteiger partial charge in [-0.25, -0.2) is 15.0 Å². The van der Waals surface area contributed by atoms with Crippen LogP contribution in [0.1, 0.15) is 19.0 Å². The Kier molecular flexibility index (Phi) is 3.97. The molecule has 0 spiro atoms. The molecule has 23 heavy (non-hydrogen) atoms. The lowest BCUT2D eigenvalue weighted by atomic mass is 10.1. The minimum atomic E-state index is 0.282. The molecule has 0 radical (unpaired) electrons. The SMILES string of the molecule is CCCc1nc(N)nc2ccc(-c3ccc(N)c(OC)c3)nc12. The van der Waals surface area contributed by atoms with Crippen molar-refractivity contribution in [3.05, 3.63) is 36.0 Å². The van der Waals surface area contributed by atoms with E-state index in [4.69, 9.17) is 21.2 Å². The zero-order chi connectivity index (χ0) is 16.4. The van der Waals surface area contributed by atoms with E-state index in [1.54, 1.807) is 7.11 Å². The smallest absolute Gasteiger partial charge is 0.220 e. The molecule has 118 valence electrons. The third-order valence-corrected chi connectivity index (χ3v) is 3.65. The molecule has 0 saturated carbocycles. The fourth-order valence-electron chi connectivity index (χ4n) is 2.54. The Bertz CT molecular complexity index is 863. The van der Waals surface area contributed by atoms with Crippen LogP contribution in [0.5, 0.6) is 5.75 Å². The lowest BCUT2D eigenvalue weighted by Gasteiger charge is -2.09. The van der Waals surface area contributed by atoms with Gasteiger partial charge in [-0.1, -0.05) is 19.4 Å². The van der Waals surface area contributed by atoms with E-state index in [1.165, 1.54) is 0 Å². The maximum Gasteiger partial charge on any atom is 0.220 e. The summed E-state index contributed by atoms with van der Waals surface area (Å²) in [6.07, 6.45) is 1.78. The molecule has 0 bridgehead atoms. The van der Waals surface area contributed by atoms with Crippen LogP contribution in [0, 0.1) is 0 Å². The van der Waals surface area contributed by atoms with E-state index in [0.717, 1.165) is 40.8 Å². The van der Waals surface area contributed by atoms with E-state index < -0.39 is 0 Å². The van der Waals surface area contributed by atoms with Gasteiger partial charge in [0.2, 0.25) is 5.95 Å². The Morgan fingerprint density at radius 1 is 1.04 bits per heavy atom. The Morgan fingerprint density at radius 2 is 1.87 bits per heavy atom. The van der Waals surface area contributed by atoms with Gasteiger partial charge >= 0.3 is 0 Å². The average molecular weight is 309 g/mol. The molecule has 0 atom stereocenters. The number of ether oxygens (including phenoxy) is 1. The van der Waals surface area contributed by atoms with Crippen molar-refractivity contribution in [2.45, 2.75) is 19.8 Å². The minimum Gasteiger partial charge on any atom is -0.495 e. The maximum absolute atomic E-state index is 5.87. The van der Waals surface area contributed by atoms with Crippen LogP contribution in [-0.2, 0) is 6.42 Å². The van der Waals surface area contributed by atoms with Crippen molar-refractivity contribution in [3.63, 3.8) is 0 Å². The van der Waals surface area contributed by atoms with Crippen LogP contribution in [0.4, 0.5) is 11.6 Å². The van der Waals surface area contributed by atoms with Gasteiger partial charge in [0.05, 0.1) is 29.7 Å². The summed E-state index contributed by atoms with van der Waals surface area (Å²) in [4.78, 5) is 13.3. The molecular weight excluding hydrogens is 290 g/mol. The number of hydrogen-bond acceptors (Lipinski definition) is 6. The first-order valence-corrected chi connectivity index (χ1v) is 7.49. The van der Waals surface area contributed by atoms with Gasteiger partial charge in [0.1, 0.15) is 11.3 Å². The van der Waals surface area contributed by atoms with Crippen LogP contribution >= 0.6 is 0 Å². The van der Waals surface area contributed by atoms with E-state index in [-0.39, 0.29) is 5.95 Å². The van der Waals surface area contributed by atoms with Gasteiger partial charge in [-0.05, 0) is 30.7 Å². The molecule has 0 amide bonds. The summed E-state index contributed by atoms with van der Waals surface area (Å²) in [7, 11) is 1.60. The van der Waals surface area contributed by atoms with E-state index in [0.29, 0.717) is 11.4 Å². The fraction of sp³-hybridized carbons (Fsp3) is 0.235. The minimum absolute atomic E-state index is 0.282. The number of aryl methyl sites for hydroxylation is 1.